The van der Waals surface area contributed by atoms with Crippen LogP contribution < -0.4 is 10.1 Å². The summed E-state index contributed by atoms with van der Waals surface area (Å²) in [7, 11) is 1.30. The summed E-state index contributed by atoms with van der Waals surface area (Å²) in [6.07, 6.45) is 3.30. The average molecular weight is 762 g/mol. The molecule has 2 saturated heterocycles. The van der Waals surface area contributed by atoms with Crippen LogP contribution in [0.15, 0.2) is 48.7 Å². The van der Waals surface area contributed by atoms with E-state index in [1.54, 1.807) is 4.90 Å². The number of nitrogens with zero attached hydrogens (tertiary/aromatic N) is 4. The van der Waals surface area contributed by atoms with Gasteiger partial charge in [0.25, 0.3) is 0 Å². The first kappa shape index (κ1) is 37.3. The number of imidazole rings is 2. The molecule has 8 rings (SSSR count). The second kappa shape index (κ2) is 14.2. The minimum absolute atomic E-state index is 0.0138. The Morgan fingerprint density at radius 1 is 0.982 bits per heavy atom. The second-order valence-corrected chi connectivity index (χ2v) is 17.0. The summed E-state index contributed by atoms with van der Waals surface area (Å²) in [5.74, 6) is 2.34. The molecule has 13 heteroatoms. The molecule has 0 radical (unpaired) electrons. The van der Waals surface area contributed by atoms with Crippen molar-refractivity contribution in [2.24, 2.45) is 11.8 Å². The van der Waals surface area contributed by atoms with Crippen molar-refractivity contribution in [2.45, 2.75) is 104 Å². The Morgan fingerprint density at radius 2 is 1.79 bits per heavy atom. The van der Waals surface area contributed by atoms with E-state index in [4.69, 9.17) is 24.2 Å². The standard InChI is InChI=1S/C43H51N7O6/c1-22(2)36(48-41(52)54-8)40(51)50-24(4)9-14-33(50)39-45-31-13-11-25-17-30-28-12-10-26(16-27(28)21-55-35(30)18-29(25)37(31)47-39)32-19-44-38(46-32)34-15-23(3)20-49(34)42(53)56-43(5,6)7/h10-13,16-19,22-24,33-34,36H,9,14-15,20-21H2,1-8H3,(H,44,46)(H,45,47)(H,48,52). The van der Waals surface area contributed by atoms with E-state index in [1.165, 1.54) is 7.11 Å². The SMILES string of the molecule is COC(=O)NC(C(=O)N1C(C)CCC1c1nc2c(ccc3cc4c(cc32)OCc2cc(-c3cnc(C5CC(C)CN5C(=O)OC(C)(C)C)[nH]3)ccc2-4)[nH]1)C(C)C. The molecule has 3 aliphatic rings. The topological polar surface area (TPSA) is 155 Å². The molecule has 13 nitrogen and oxygen atoms in total. The van der Waals surface area contributed by atoms with Crippen molar-refractivity contribution < 1.29 is 28.6 Å². The highest BCUT2D eigenvalue weighted by Crippen LogP contribution is 2.44. The lowest BCUT2D eigenvalue weighted by molar-refractivity contribution is -0.137. The van der Waals surface area contributed by atoms with Crippen LogP contribution in [0.2, 0.25) is 0 Å². The number of ether oxygens (including phenoxy) is 3. The van der Waals surface area contributed by atoms with Crippen molar-refractivity contribution in [2.75, 3.05) is 13.7 Å². The third-order valence-corrected chi connectivity index (χ3v) is 11.4. The third-order valence-electron chi connectivity index (χ3n) is 11.4. The van der Waals surface area contributed by atoms with Crippen molar-refractivity contribution in [3.05, 3.63) is 65.9 Å². The number of H-pyrrole nitrogens is 2. The number of carbonyl (C=O) groups is 3. The van der Waals surface area contributed by atoms with Gasteiger partial charge in [-0.1, -0.05) is 39.0 Å². The number of fused-ring (bicyclic) bond motifs is 6. The van der Waals surface area contributed by atoms with Crippen LogP contribution in [0, 0.1) is 11.8 Å². The molecular formula is C43H51N7O6. The fourth-order valence-corrected chi connectivity index (χ4v) is 8.59. The average Bonchev–Trinajstić information content (AvgIpc) is 3.97. The molecule has 3 N–H and O–H groups in total. The maximum Gasteiger partial charge on any atom is 0.410 e. The minimum atomic E-state index is -0.715. The normalized spacial score (nSPS) is 21.2. The van der Waals surface area contributed by atoms with E-state index >= 15 is 0 Å². The van der Waals surface area contributed by atoms with Crippen LogP contribution in [-0.2, 0) is 20.9 Å². The Labute approximate surface area is 326 Å². The van der Waals surface area contributed by atoms with Gasteiger partial charge in [-0.3, -0.25) is 9.69 Å². The summed E-state index contributed by atoms with van der Waals surface area (Å²) in [5.41, 5.74) is 6.19. The predicted octanol–water partition coefficient (Wildman–Crippen LogP) is 8.42. The minimum Gasteiger partial charge on any atom is -0.488 e. The lowest BCUT2D eigenvalue weighted by Gasteiger charge is -2.32. The van der Waals surface area contributed by atoms with Crippen LogP contribution in [0.3, 0.4) is 0 Å². The maximum absolute atomic E-state index is 13.9. The number of likely N-dealkylation sites (tertiary alicyclic amines) is 2. The molecule has 0 aliphatic carbocycles. The van der Waals surface area contributed by atoms with Gasteiger partial charge in [0.1, 0.15) is 35.6 Å². The molecule has 3 aromatic carbocycles. The molecule has 0 spiro atoms. The number of benzene rings is 3. The van der Waals surface area contributed by atoms with Crippen LogP contribution in [0.1, 0.15) is 97.0 Å². The number of hydrogen-bond acceptors (Lipinski definition) is 8. The van der Waals surface area contributed by atoms with Gasteiger partial charge in [0.15, 0.2) is 0 Å². The van der Waals surface area contributed by atoms with Crippen molar-refractivity contribution in [1.82, 2.24) is 35.1 Å². The monoisotopic (exact) mass is 761 g/mol. The number of carbonyl (C=O) groups excluding carboxylic acids is 3. The van der Waals surface area contributed by atoms with Crippen LogP contribution in [-0.4, -0.2) is 79.2 Å². The Kier molecular flexibility index (Phi) is 9.45. The highest BCUT2D eigenvalue weighted by atomic mass is 16.6. The van der Waals surface area contributed by atoms with Gasteiger partial charge in [-0.25, -0.2) is 19.6 Å². The summed E-state index contributed by atoms with van der Waals surface area (Å²) >= 11 is 0. The lowest BCUT2D eigenvalue weighted by atomic mass is 9.92. The zero-order valence-electron chi connectivity index (χ0n) is 33.4. The quantitative estimate of drug-likeness (QED) is 0.156. The number of amides is 3. The van der Waals surface area contributed by atoms with Gasteiger partial charge in [0, 0.05) is 23.5 Å². The first-order chi connectivity index (χ1) is 26.7. The smallest absolute Gasteiger partial charge is 0.410 e. The van der Waals surface area contributed by atoms with Crippen molar-refractivity contribution in [3.8, 4) is 28.1 Å². The van der Waals surface area contributed by atoms with Crippen LogP contribution in [0.4, 0.5) is 9.59 Å². The number of aromatic nitrogens is 4. The molecule has 5 unspecified atom stereocenters. The van der Waals surface area contributed by atoms with E-state index in [2.05, 4.69) is 58.6 Å². The van der Waals surface area contributed by atoms with Gasteiger partial charge in [0.05, 0.1) is 42.1 Å². The lowest BCUT2D eigenvalue weighted by Crippen LogP contribution is -2.52. The molecule has 2 aromatic heterocycles. The summed E-state index contributed by atoms with van der Waals surface area (Å²) in [4.78, 5) is 59.7. The summed E-state index contributed by atoms with van der Waals surface area (Å²) in [6, 6.07) is 13.6. The van der Waals surface area contributed by atoms with Gasteiger partial charge in [-0.2, -0.15) is 0 Å². The summed E-state index contributed by atoms with van der Waals surface area (Å²) < 4.78 is 16.9. The Bertz CT molecular complexity index is 2340. The number of alkyl carbamates (subject to hydrolysis) is 1. The van der Waals surface area contributed by atoms with Crippen LogP contribution in [0.5, 0.6) is 5.75 Å². The molecule has 294 valence electrons. The van der Waals surface area contributed by atoms with Crippen LogP contribution >= 0.6 is 0 Å². The zero-order chi connectivity index (χ0) is 39.6. The van der Waals surface area contributed by atoms with E-state index in [9.17, 15) is 14.4 Å². The van der Waals surface area contributed by atoms with Crippen molar-refractivity contribution >= 4 is 39.9 Å². The van der Waals surface area contributed by atoms with Gasteiger partial charge in [-0.15, -0.1) is 0 Å². The van der Waals surface area contributed by atoms with Gasteiger partial charge < -0.3 is 34.4 Å². The molecule has 3 aliphatic heterocycles. The molecule has 5 atom stereocenters. The van der Waals surface area contributed by atoms with Crippen LogP contribution in [0.25, 0.3) is 44.2 Å². The Hall–Kier alpha value is -5.59. The molecular weight excluding hydrogens is 711 g/mol. The molecule has 0 saturated carbocycles. The first-order valence-electron chi connectivity index (χ1n) is 19.6. The molecule has 2 fully saturated rings. The molecule has 5 heterocycles. The summed E-state index contributed by atoms with van der Waals surface area (Å²) in [5, 5.41) is 4.74. The number of methoxy groups -OCH3 is 1. The molecule has 5 aromatic rings. The number of rotatable bonds is 6. The van der Waals surface area contributed by atoms with E-state index in [1.807, 2.05) is 58.7 Å². The third kappa shape index (κ3) is 6.81. The molecule has 0 bridgehead atoms. The second-order valence-electron chi connectivity index (χ2n) is 17.0. The fraction of sp³-hybridized carbons (Fsp3) is 0.465. The van der Waals surface area contributed by atoms with Gasteiger partial charge >= 0.3 is 12.2 Å². The maximum atomic E-state index is 13.9. The highest BCUT2D eigenvalue weighted by Gasteiger charge is 2.42. The largest absolute Gasteiger partial charge is 0.488 e. The molecule has 56 heavy (non-hydrogen) atoms. The van der Waals surface area contributed by atoms with E-state index in [0.717, 1.165) is 86.4 Å². The van der Waals surface area contributed by atoms with Gasteiger partial charge in [-0.05, 0) is 105 Å². The van der Waals surface area contributed by atoms with Crippen molar-refractivity contribution in [1.29, 1.82) is 0 Å². The summed E-state index contributed by atoms with van der Waals surface area (Å²) in [6.45, 7) is 14.7. The van der Waals surface area contributed by atoms with Gasteiger partial charge in [0.2, 0.25) is 5.91 Å². The first-order valence-corrected chi connectivity index (χ1v) is 19.6. The predicted molar refractivity (Wildman–Crippen MR) is 213 cm³/mol. The van der Waals surface area contributed by atoms with Crippen molar-refractivity contribution in [3.63, 3.8) is 0 Å². The number of aromatic amines is 2. The Morgan fingerprint density at radius 3 is 2.54 bits per heavy atom. The zero-order valence-corrected chi connectivity index (χ0v) is 33.4. The number of nitrogens with one attached hydrogen (secondary N) is 3. The van der Waals surface area contributed by atoms with E-state index in [-0.39, 0.29) is 36.0 Å². The Balaban J connectivity index is 1.06. The fourth-order valence-electron chi connectivity index (χ4n) is 8.59. The number of hydrogen-bond donors (Lipinski definition) is 3. The van der Waals surface area contributed by atoms with E-state index < -0.39 is 17.7 Å². The van der Waals surface area contributed by atoms with E-state index in [0.29, 0.717) is 19.1 Å². The highest BCUT2D eigenvalue weighted by molar-refractivity contribution is 6.07. The molecule has 3 amide bonds.